The Hall–Kier alpha value is -2.64. The maximum atomic E-state index is 14.3. The molecule has 2 saturated heterocycles. The summed E-state index contributed by atoms with van der Waals surface area (Å²) in [6, 6.07) is 11.1. The van der Waals surface area contributed by atoms with Crippen molar-refractivity contribution in [3.8, 4) is 0 Å². The van der Waals surface area contributed by atoms with Gasteiger partial charge in [0.15, 0.2) is 0 Å². The molecule has 2 aliphatic rings. The average Bonchev–Trinajstić information content (AvgIpc) is 3.32. The standard InChI is InChI=1S/C22H22ClFN2O4/c1-13-7-8-16(23)15(19(13)24)12-30-22(29)25-10-9-17-20(25)18(27)11-26(17)21(28)14-5-3-2-4-6-14/h2-8,17-18,20,27H,9-12H2,1H3/t17-,18+,20?/m1/s1. The van der Waals surface area contributed by atoms with Crippen molar-refractivity contribution in [1.29, 1.82) is 0 Å². The first kappa shape index (κ1) is 20.6. The monoisotopic (exact) mass is 432 g/mol. The Morgan fingerprint density at radius 2 is 1.93 bits per heavy atom. The number of benzene rings is 2. The second-order valence-corrected chi connectivity index (χ2v) is 8.05. The number of aryl methyl sites for hydroxylation is 1. The second kappa shape index (κ2) is 8.24. The number of ether oxygens (including phenoxy) is 1. The van der Waals surface area contributed by atoms with Gasteiger partial charge in [0.1, 0.15) is 12.4 Å². The van der Waals surface area contributed by atoms with Crippen molar-refractivity contribution in [2.45, 2.75) is 38.1 Å². The van der Waals surface area contributed by atoms with Crippen LogP contribution < -0.4 is 0 Å². The first-order valence-electron chi connectivity index (χ1n) is 9.79. The largest absolute Gasteiger partial charge is 0.444 e. The Balaban J connectivity index is 1.45. The highest BCUT2D eigenvalue weighted by molar-refractivity contribution is 6.31. The van der Waals surface area contributed by atoms with Gasteiger partial charge in [-0.2, -0.15) is 0 Å². The second-order valence-electron chi connectivity index (χ2n) is 7.64. The van der Waals surface area contributed by atoms with Crippen LogP contribution in [-0.2, 0) is 11.3 Å². The number of amides is 2. The lowest BCUT2D eigenvalue weighted by atomic mass is 10.1. The van der Waals surface area contributed by atoms with Crippen molar-refractivity contribution < 1.29 is 23.8 Å². The molecule has 1 unspecified atom stereocenters. The predicted octanol–water partition coefficient (Wildman–Crippen LogP) is 3.38. The maximum Gasteiger partial charge on any atom is 0.410 e. The van der Waals surface area contributed by atoms with E-state index in [2.05, 4.69) is 0 Å². The molecule has 0 aliphatic carbocycles. The Morgan fingerprint density at radius 1 is 1.20 bits per heavy atom. The van der Waals surface area contributed by atoms with Crippen LogP contribution in [0.5, 0.6) is 0 Å². The van der Waals surface area contributed by atoms with Crippen LogP contribution in [-0.4, -0.2) is 58.2 Å². The Bertz CT molecular complexity index is 971. The molecule has 158 valence electrons. The Kier molecular flexibility index (Phi) is 5.66. The number of halogens is 2. The molecule has 0 spiro atoms. The van der Waals surface area contributed by atoms with E-state index in [1.807, 2.05) is 6.07 Å². The number of hydrogen-bond acceptors (Lipinski definition) is 4. The van der Waals surface area contributed by atoms with Crippen molar-refractivity contribution in [2.24, 2.45) is 0 Å². The number of fused-ring (bicyclic) bond motifs is 1. The molecule has 2 aliphatic heterocycles. The minimum Gasteiger partial charge on any atom is -0.444 e. The molecule has 0 bridgehead atoms. The molecule has 3 atom stereocenters. The van der Waals surface area contributed by atoms with Crippen LogP contribution in [0.25, 0.3) is 0 Å². The number of carbonyl (C=O) groups is 2. The van der Waals surface area contributed by atoms with Crippen LogP contribution in [0.2, 0.25) is 5.02 Å². The fraction of sp³-hybridized carbons (Fsp3) is 0.364. The molecule has 8 heteroatoms. The predicted molar refractivity (Wildman–Crippen MR) is 109 cm³/mol. The van der Waals surface area contributed by atoms with E-state index in [0.717, 1.165) is 0 Å². The summed E-state index contributed by atoms with van der Waals surface area (Å²) in [7, 11) is 0. The summed E-state index contributed by atoms with van der Waals surface area (Å²) >= 11 is 6.04. The minimum absolute atomic E-state index is 0.119. The summed E-state index contributed by atoms with van der Waals surface area (Å²) in [6.45, 7) is 1.79. The van der Waals surface area contributed by atoms with Crippen LogP contribution in [0.15, 0.2) is 42.5 Å². The van der Waals surface area contributed by atoms with Crippen molar-refractivity contribution >= 4 is 23.6 Å². The van der Waals surface area contributed by atoms with Gasteiger partial charge in [-0.25, -0.2) is 9.18 Å². The van der Waals surface area contributed by atoms with Gasteiger partial charge in [-0.3, -0.25) is 4.79 Å². The molecular formula is C22H22ClFN2O4. The number of β-amino-alcohol motifs (C(OH)–C–C–N with tert-alkyl or cyclic N) is 1. The van der Waals surface area contributed by atoms with Gasteiger partial charge in [0, 0.05) is 24.2 Å². The summed E-state index contributed by atoms with van der Waals surface area (Å²) in [6.07, 6.45) is -1.00. The van der Waals surface area contributed by atoms with E-state index in [1.54, 1.807) is 48.2 Å². The molecule has 0 aromatic heterocycles. The van der Waals surface area contributed by atoms with E-state index < -0.39 is 24.1 Å². The fourth-order valence-corrected chi connectivity index (χ4v) is 4.51. The molecule has 4 rings (SSSR count). The molecule has 2 fully saturated rings. The van der Waals surface area contributed by atoms with Gasteiger partial charge >= 0.3 is 6.09 Å². The first-order valence-corrected chi connectivity index (χ1v) is 10.2. The molecular weight excluding hydrogens is 411 g/mol. The van der Waals surface area contributed by atoms with Crippen LogP contribution in [0, 0.1) is 12.7 Å². The Labute approximate surface area is 178 Å². The van der Waals surface area contributed by atoms with Crippen molar-refractivity contribution in [3.63, 3.8) is 0 Å². The quantitative estimate of drug-likeness (QED) is 0.807. The molecule has 2 amide bonds. The molecule has 2 aromatic rings. The number of carbonyl (C=O) groups excluding carboxylic acids is 2. The molecule has 6 nitrogen and oxygen atoms in total. The van der Waals surface area contributed by atoms with E-state index in [-0.39, 0.29) is 35.7 Å². The van der Waals surface area contributed by atoms with Gasteiger partial charge in [0.2, 0.25) is 0 Å². The van der Waals surface area contributed by atoms with Gasteiger partial charge < -0.3 is 19.6 Å². The van der Waals surface area contributed by atoms with Crippen molar-refractivity contribution in [2.75, 3.05) is 13.1 Å². The summed E-state index contributed by atoms with van der Waals surface area (Å²) in [5.41, 5.74) is 1.07. The normalized spacial score (nSPS) is 22.9. The number of aliphatic hydroxyl groups is 1. The molecule has 2 heterocycles. The molecule has 0 saturated carbocycles. The van der Waals surface area contributed by atoms with E-state index in [0.29, 0.717) is 24.1 Å². The molecule has 30 heavy (non-hydrogen) atoms. The lowest BCUT2D eigenvalue weighted by Gasteiger charge is -2.26. The van der Waals surface area contributed by atoms with Gasteiger partial charge in [0.05, 0.1) is 23.2 Å². The van der Waals surface area contributed by atoms with Crippen LogP contribution in [0.4, 0.5) is 9.18 Å². The SMILES string of the molecule is Cc1ccc(Cl)c(COC(=O)N2CC[C@@H]3C2[C@@H](O)CN3C(=O)c2ccccc2)c1F. The third-order valence-corrected chi connectivity index (χ3v) is 6.19. The third-order valence-electron chi connectivity index (χ3n) is 5.83. The van der Waals surface area contributed by atoms with Crippen molar-refractivity contribution in [3.05, 3.63) is 70.0 Å². The summed E-state index contributed by atoms with van der Waals surface area (Å²) in [5.74, 6) is -0.680. The van der Waals surface area contributed by atoms with E-state index in [9.17, 15) is 19.1 Å². The van der Waals surface area contributed by atoms with E-state index in [1.165, 1.54) is 4.90 Å². The first-order chi connectivity index (χ1) is 14.4. The summed E-state index contributed by atoms with van der Waals surface area (Å²) < 4.78 is 19.6. The van der Waals surface area contributed by atoms with E-state index in [4.69, 9.17) is 16.3 Å². The third kappa shape index (κ3) is 3.63. The number of nitrogens with zero attached hydrogens (tertiary/aromatic N) is 2. The number of aliphatic hydroxyl groups excluding tert-OH is 1. The zero-order valence-corrected chi connectivity index (χ0v) is 17.2. The zero-order chi connectivity index (χ0) is 21.4. The highest BCUT2D eigenvalue weighted by Gasteiger charge is 2.51. The van der Waals surface area contributed by atoms with Gasteiger partial charge in [-0.1, -0.05) is 35.9 Å². The lowest BCUT2D eigenvalue weighted by Crippen LogP contribution is -2.45. The van der Waals surface area contributed by atoms with Gasteiger partial charge in [-0.05, 0) is 37.1 Å². The van der Waals surface area contributed by atoms with Crippen LogP contribution in [0.1, 0.15) is 27.9 Å². The molecule has 2 aromatic carbocycles. The van der Waals surface area contributed by atoms with Gasteiger partial charge in [0.25, 0.3) is 5.91 Å². The highest BCUT2D eigenvalue weighted by Crippen LogP contribution is 2.34. The van der Waals surface area contributed by atoms with Crippen LogP contribution >= 0.6 is 11.6 Å². The lowest BCUT2D eigenvalue weighted by molar-refractivity contribution is 0.0603. The summed E-state index contributed by atoms with van der Waals surface area (Å²) in [4.78, 5) is 28.6. The fourth-order valence-electron chi connectivity index (χ4n) is 4.31. The average molecular weight is 433 g/mol. The van der Waals surface area contributed by atoms with Crippen molar-refractivity contribution in [1.82, 2.24) is 9.80 Å². The Morgan fingerprint density at radius 3 is 2.67 bits per heavy atom. The number of rotatable bonds is 3. The summed E-state index contributed by atoms with van der Waals surface area (Å²) in [5, 5.41) is 10.8. The number of hydrogen-bond donors (Lipinski definition) is 1. The molecule has 1 N–H and O–H groups in total. The van der Waals surface area contributed by atoms with Crippen LogP contribution in [0.3, 0.4) is 0 Å². The maximum absolute atomic E-state index is 14.3. The van der Waals surface area contributed by atoms with Gasteiger partial charge in [-0.15, -0.1) is 0 Å². The highest BCUT2D eigenvalue weighted by atomic mass is 35.5. The van der Waals surface area contributed by atoms with E-state index >= 15 is 0 Å². The smallest absolute Gasteiger partial charge is 0.410 e. The molecule has 0 radical (unpaired) electrons. The number of likely N-dealkylation sites (tertiary alicyclic amines) is 2. The minimum atomic E-state index is -0.878. The zero-order valence-electron chi connectivity index (χ0n) is 16.4. The topological polar surface area (TPSA) is 70.1 Å².